The third kappa shape index (κ3) is 5.09. The van der Waals surface area contributed by atoms with Crippen LogP contribution in [0.3, 0.4) is 0 Å². The van der Waals surface area contributed by atoms with Gasteiger partial charge in [0, 0.05) is 11.9 Å². The standard InChI is InChI=1S/C27H21FN4O3/c1-3-18-6-12-22(13-7-18)35-26-23(27(34)32-14-4-5-17(2)24(32)31-26)15-19(16-29)25(33)30-21-10-8-20(28)9-11-21/h4-15H,3H2,1-2H3,(H,30,33)/b19-15-. The summed E-state index contributed by atoms with van der Waals surface area (Å²) < 4.78 is 20.5. The molecule has 1 N–H and O–H groups in total. The average molecular weight is 468 g/mol. The zero-order chi connectivity index (χ0) is 24.9. The number of nitrogens with one attached hydrogen (secondary N) is 1. The highest BCUT2D eigenvalue weighted by Crippen LogP contribution is 2.25. The summed E-state index contributed by atoms with van der Waals surface area (Å²) in [6.45, 7) is 3.85. The van der Waals surface area contributed by atoms with Crippen LogP contribution in [0.25, 0.3) is 11.7 Å². The molecule has 174 valence electrons. The van der Waals surface area contributed by atoms with E-state index in [9.17, 15) is 19.2 Å². The Balaban J connectivity index is 1.80. The van der Waals surface area contributed by atoms with Gasteiger partial charge in [0.1, 0.15) is 34.4 Å². The minimum atomic E-state index is -0.758. The second-order valence-electron chi connectivity index (χ2n) is 7.75. The van der Waals surface area contributed by atoms with Gasteiger partial charge in [-0.3, -0.25) is 14.0 Å². The summed E-state index contributed by atoms with van der Waals surface area (Å²) in [6, 6.07) is 17.8. The molecule has 0 atom stereocenters. The number of fused-ring (bicyclic) bond motifs is 1. The summed E-state index contributed by atoms with van der Waals surface area (Å²) in [5.74, 6) is -0.795. The molecular formula is C27H21FN4O3. The van der Waals surface area contributed by atoms with Gasteiger partial charge in [0.15, 0.2) is 0 Å². The van der Waals surface area contributed by atoms with Gasteiger partial charge in [0.05, 0.1) is 0 Å². The maximum Gasteiger partial charge on any atom is 0.269 e. The lowest BCUT2D eigenvalue weighted by molar-refractivity contribution is -0.112. The molecule has 0 unspecified atom stereocenters. The van der Waals surface area contributed by atoms with Crippen molar-refractivity contribution in [3.63, 3.8) is 0 Å². The molecule has 0 aliphatic heterocycles. The van der Waals surface area contributed by atoms with Crippen LogP contribution in [-0.4, -0.2) is 15.3 Å². The van der Waals surface area contributed by atoms with Gasteiger partial charge in [-0.2, -0.15) is 10.2 Å². The summed E-state index contributed by atoms with van der Waals surface area (Å²) in [4.78, 5) is 30.6. The molecule has 35 heavy (non-hydrogen) atoms. The molecule has 0 spiro atoms. The monoisotopic (exact) mass is 468 g/mol. The third-order valence-electron chi connectivity index (χ3n) is 5.35. The highest BCUT2D eigenvalue weighted by atomic mass is 19.1. The molecule has 8 heteroatoms. The smallest absolute Gasteiger partial charge is 0.269 e. The summed E-state index contributed by atoms with van der Waals surface area (Å²) in [6.07, 6.45) is 3.57. The van der Waals surface area contributed by atoms with Gasteiger partial charge in [-0.05, 0) is 73.0 Å². The molecule has 0 saturated heterocycles. The summed E-state index contributed by atoms with van der Waals surface area (Å²) in [7, 11) is 0. The number of amides is 1. The van der Waals surface area contributed by atoms with Gasteiger partial charge < -0.3 is 10.1 Å². The van der Waals surface area contributed by atoms with Crippen LogP contribution in [0.2, 0.25) is 0 Å². The molecule has 0 bridgehead atoms. The fourth-order valence-electron chi connectivity index (χ4n) is 3.42. The van der Waals surface area contributed by atoms with E-state index in [-0.39, 0.29) is 17.0 Å². The second-order valence-corrected chi connectivity index (χ2v) is 7.75. The van der Waals surface area contributed by atoms with Crippen molar-refractivity contribution < 1.29 is 13.9 Å². The van der Waals surface area contributed by atoms with Crippen LogP contribution in [0.15, 0.2) is 77.2 Å². The van der Waals surface area contributed by atoms with Crippen molar-refractivity contribution in [1.82, 2.24) is 9.38 Å². The summed E-state index contributed by atoms with van der Waals surface area (Å²) >= 11 is 0. The number of aromatic nitrogens is 2. The number of benzene rings is 2. The maximum atomic E-state index is 13.4. The lowest BCUT2D eigenvalue weighted by atomic mass is 10.1. The van der Waals surface area contributed by atoms with Gasteiger partial charge in [-0.1, -0.05) is 25.1 Å². The van der Waals surface area contributed by atoms with Crippen LogP contribution >= 0.6 is 0 Å². The fraction of sp³-hybridized carbons (Fsp3) is 0.111. The quantitative estimate of drug-likeness (QED) is 0.316. The molecule has 1 amide bonds. The Morgan fingerprint density at radius 2 is 1.89 bits per heavy atom. The predicted octanol–water partition coefficient (Wildman–Crippen LogP) is 5.04. The lowest BCUT2D eigenvalue weighted by Gasteiger charge is -2.12. The molecule has 7 nitrogen and oxygen atoms in total. The fourth-order valence-corrected chi connectivity index (χ4v) is 3.42. The molecule has 0 aliphatic rings. The van der Waals surface area contributed by atoms with E-state index in [1.807, 2.05) is 38.1 Å². The van der Waals surface area contributed by atoms with Gasteiger partial charge in [0.25, 0.3) is 11.5 Å². The first-order chi connectivity index (χ1) is 16.9. The van der Waals surface area contributed by atoms with E-state index < -0.39 is 17.3 Å². The normalized spacial score (nSPS) is 11.2. The van der Waals surface area contributed by atoms with Crippen LogP contribution in [0.5, 0.6) is 11.6 Å². The maximum absolute atomic E-state index is 13.4. The molecule has 0 fully saturated rings. The molecule has 4 rings (SSSR count). The highest BCUT2D eigenvalue weighted by molar-refractivity contribution is 6.09. The van der Waals surface area contributed by atoms with Crippen molar-refractivity contribution in [2.45, 2.75) is 20.3 Å². The van der Waals surface area contributed by atoms with Gasteiger partial charge in [0.2, 0.25) is 5.88 Å². The van der Waals surface area contributed by atoms with Crippen LogP contribution < -0.4 is 15.6 Å². The number of nitriles is 1. The number of aryl methyl sites for hydroxylation is 2. The summed E-state index contributed by atoms with van der Waals surface area (Å²) in [5.41, 5.74) is 1.66. The Bertz CT molecular complexity index is 1530. The van der Waals surface area contributed by atoms with Crippen molar-refractivity contribution >= 4 is 23.3 Å². The SMILES string of the molecule is CCc1ccc(Oc2nc3c(C)cccn3c(=O)c2/C=C(/C#N)C(=O)Nc2ccc(F)cc2)cc1. The van der Waals surface area contributed by atoms with Gasteiger partial charge >= 0.3 is 0 Å². The van der Waals surface area contributed by atoms with Crippen LogP contribution in [0.4, 0.5) is 10.1 Å². The van der Waals surface area contributed by atoms with Crippen molar-refractivity contribution in [3.8, 4) is 17.7 Å². The first-order valence-electron chi connectivity index (χ1n) is 10.9. The van der Waals surface area contributed by atoms with Crippen LogP contribution in [-0.2, 0) is 11.2 Å². The minimum Gasteiger partial charge on any atom is -0.438 e. The number of carbonyl (C=O) groups is 1. The number of ether oxygens (including phenoxy) is 1. The number of rotatable bonds is 6. The number of carbonyl (C=O) groups excluding carboxylic acids is 1. The van der Waals surface area contributed by atoms with E-state index in [1.54, 1.807) is 24.4 Å². The van der Waals surface area contributed by atoms with Gasteiger partial charge in [-0.15, -0.1) is 0 Å². The molecule has 0 aliphatic carbocycles. The number of hydrogen-bond acceptors (Lipinski definition) is 5. The average Bonchev–Trinajstić information content (AvgIpc) is 2.86. The molecule has 2 heterocycles. The van der Waals surface area contributed by atoms with E-state index in [2.05, 4.69) is 10.3 Å². The molecule has 0 radical (unpaired) electrons. The zero-order valence-corrected chi connectivity index (χ0v) is 19.1. The van der Waals surface area contributed by atoms with E-state index in [4.69, 9.17) is 4.74 Å². The first-order valence-corrected chi connectivity index (χ1v) is 10.9. The number of pyridine rings is 1. The van der Waals surface area contributed by atoms with Crippen molar-refractivity contribution in [2.75, 3.05) is 5.32 Å². The third-order valence-corrected chi connectivity index (χ3v) is 5.35. The summed E-state index contributed by atoms with van der Waals surface area (Å²) in [5, 5.41) is 12.2. The number of anilines is 1. The van der Waals surface area contributed by atoms with Crippen molar-refractivity contribution in [3.05, 3.63) is 105 Å². The second kappa shape index (κ2) is 10.0. The highest BCUT2D eigenvalue weighted by Gasteiger charge is 2.18. The van der Waals surface area contributed by atoms with E-state index >= 15 is 0 Å². The Labute approximate surface area is 200 Å². The molecule has 2 aromatic heterocycles. The Hall–Kier alpha value is -4.77. The van der Waals surface area contributed by atoms with Crippen molar-refractivity contribution in [2.24, 2.45) is 0 Å². The van der Waals surface area contributed by atoms with E-state index in [1.165, 1.54) is 28.7 Å². The lowest BCUT2D eigenvalue weighted by Crippen LogP contribution is -2.20. The Kier molecular flexibility index (Phi) is 6.69. The Morgan fingerprint density at radius 1 is 1.17 bits per heavy atom. The molecule has 0 saturated carbocycles. The first kappa shape index (κ1) is 23.4. The Morgan fingerprint density at radius 3 is 2.54 bits per heavy atom. The molecular weight excluding hydrogens is 447 g/mol. The molecule has 4 aromatic rings. The van der Waals surface area contributed by atoms with Crippen LogP contribution in [0.1, 0.15) is 23.6 Å². The minimum absolute atomic E-state index is 0.0316. The van der Waals surface area contributed by atoms with Crippen LogP contribution in [0, 0.1) is 24.1 Å². The topological polar surface area (TPSA) is 96.5 Å². The number of hydrogen-bond donors (Lipinski definition) is 1. The predicted molar refractivity (Wildman–Crippen MR) is 131 cm³/mol. The number of halogens is 1. The molecule has 2 aromatic carbocycles. The van der Waals surface area contributed by atoms with Crippen molar-refractivity contribution in [1.29, 1.82) is 5.26 Å². The van der Waals surface area contributed by atoms with E-state index in [0.717, 1.165) is 23.6 Å². The zero-order valence-electron chi connectivity index (χ0n) is 19.1. The van der Waals surface area contributed by atoms with Gasteiger partial charge in [-0.25, -0.2) is 4.39 Å². The van der Waals surface area contributed by atoms with E-state index in [0.29, 0.717) is 17.1 Å². The largest absolute Gasteiger partial charge is 0.438 e. The number of nitrogens with zero attached hydrogens (tertiary/aromatic N) is 3.